The highest BCUT2D eigenvalue weighted by molar-refractivity contribution is 6.01. The van der Waals surface area contributed by atoms with Crippen molar-refractivity contribution in [3.8, 4) is 17.2 Å². The minimum atomic E-state index is -0.436. The summed E-state index contributed by atoms with van der Waals surface area (Å²) in [6.45, 7) is 0. The van der Waals surface area contributed by atoms with E-state index < -0.39 is 6.10 Å². The van der Waals surface area contributed by atoms with Crippen molar-refractivity contribution in [3.63, 3.8) is 0 Å². The van der Waals surface area contributed by atoms with Crippen molar-refractivity contribution in [3.05, 3.63) is 53.6 Å². The molecule has 0 saturated heterocycles. The lowest BCUT2D eigenvalue weighted by atomic mass is 9.96. The van der Waals surface area contributed by atoms with Crippen molar-refractivity contribution in [1.29, 1.82) is 0 Å². The number of carbonyl (C=O) groups excluding carboxylic acids is 1. The summed E-state index contributed by atoms with van der Waals surface area (Å²) in [5.74, 6) is -0.720. The summed E-state index contributed by atoms with van der Waals surface area (Å²) in [5, 5.41) is 19.3. The fourth-order valence-corrected chi connectivity index (χ4v) is 2.22. The van der Waals surface area contributed by atoms with Crippen molar-refractivity contribution < 1.29 is 19.7 Å². The first-order chi connectivity index (χ1) is 9.16. The Labute approximate surface area is 109 Å². The van der Waals surface area contributed by atoms with Gasteiger partial charge in [-0.3, -0.25) is 4.79 Å². The largest absolute Gasteiger partial charge is 0.504 e. The second-order valence-electron chi connectivity index (χ2n) is 4.45. The molecule has 1 aliphatic rings. The first kappa shape index (κ1) is 11.6. The standard InChI is InChI=1S/C15H12O4/c16-11-7-6-10-12(17)8-13(19-15(10)14(11)18)9-4-2-1-3-5-9/h1-7,13,16,18H,8H2. The van der Waals surface area contributed by atoms with Gasteiger partial charge in [0, 0.05) is 0 Å². The number of carbonyl (C=O) groups is 1. The highest BCUT2D eigenvalue weighted by Gasteiger charge is 2.30. The lowest BCUT2D eigenvalue weighted by Crippen LogP contribution is -2.20. The molecule has 0 saturated carbocycles. The Hall–Kier alpha value is -2.49. The van der Waals surface area contributed by atoms with Crippen LogP contribution in [-0.4, -0.2) is 16.0 Å². The van der Waals surface area contributed by atoms with Gasteiger partial charge in [0.15, 0.2) is 17.3 Å². The molecule has 1 heterocycles. The number of fused-ring (bicyclic) bond motifs is 1. The van der Waals surface area contributed by atoms with E-state index in [0.717, 1.165) is 5.56 Å². The topological polar surface area (TPSA) is 66.8 Å². The zero-order valence-corrected chi connectivity index (χ0v) is 10.0. The van der Waals surface area contributed by atoms with Crippen LogP contribution in [0.2, 0.25) is 0 Å². The van der Waals surface area contributed by atoms with E-state index in [9.17, 15) is 15.0 Å². The Morgan fingerprint density at radius 2 is 1.79 bits per heavy atom. The van der Waals surface area contributed by atoms with Crippen molar-refractivity contribution in [2.45, 2.75) is 12.5 Å². The van der Waals surface area contributed by atoms with Crippen LogP contribution >= 0.6 is 0 Å². The second-order valence-corrected chi connectivity index (χ2v) is 4.45. The smallest absolute Gasteiger partial charge is 0.201 e. The average Bonchev–Trinajstić information content (AvgIpc) is 2.44. The molecule has 4 heteroatoms. The highest BCUT2D eigenvalue weighted by Crippen LogP contribution is 2.44. The molecule has 1 atom stereocenters. The predicted molar refractivity (Wildman–Crippen MR) is 68.5 cm³/mol. The number of rotatable bonds is 1. The monoisotopic (exact) mass is 256 g/mol. The Balaban J connectivity index is 2.04. The summed E-state index contributed by atoms with van der Waals surface area (Å²) in [6, 6.07) is 12.1. The van der Waals surface area contributed by atoms with Crippen LogP contribution in [0.25, 0.3) is 0 Å². The van der Waals surface area contributed by atoms with Crippen LogP contribution in [0.1, 0.15) is 28.4 Å². The van der Waals surface area contributed by atoms with Crippen molar-refractivity contribution in [2.75, 3.05) is 0 Å². The first-order valence-corrected chi connectivity index (χ1v) is 5.96. The number of benzene rings is 2. The maximum Gasteiger partial charge on any atom is 0.201 e. The molecule has 2 aromatic rings. The van der Waals surface area contributed by atoms with Gasteiger partial charge in [0.05, 0.1) is 12.0 Å². The summed E-state index contributed by atoms with van der Waals surface area (Å²) in [7, 11) is 0. The predicted octanol–water partition coefficient (Wildman–Crippen LogP) is 2.80. The average molecular weight is 256 g/mol. The summed E-state index contributed by atoms with van der Waals surface area (Å²) in [6.07, 6.45) is -0.213. The van der Waals surface area contributed by atoms with E-state index in [1.807, 2.05) is 30.3 Å². The van der Waals surface area contributed by atoms with E-state index in [-0.39, 0.29) is 29.5 Å². The quantitative estimate of drug-likeness (QED) is 0.770. The van der Waals surface area contributed by atoms with Crippen molar-refractivity contribution in [1.82, 2.24) is 0 Å². The van der Waals surface area contributed by atoms with Crippen LogP contribution in [0, 0.1) is 0 Å². The minimum Gasteiger partial charge on any atom is -0.504 e. The molecule has 0 spiro atoms. The van der Waals surface area contributed by atoms with Gasteiger partial charge in [-0.1, -0.05) is 30.3 Å². The van der Waals surface area contributed by atoms with Crippen LogP contribution in [0.5, 0.6) is 17.2 Å². The van der Waals surface area contributed by atoms with Crippen LogP contribution in [-0.2, 0) is 0 Å². The lowest BCUT2D eigenvalue weighted by molar-refractivity contribution is 0.0841. The van der Waals surface area contributed by atoms with Gasteiger partial charge in [0.25, 0.3) is 0 Å². The molecule has 1 unspecified atom stereocenters. The van der Waals surface area contributed by atoms with Crippen LogP contribution in [0.4, 0.5) is 0 Å². The maximum atomic E-state index is 12.1. The molecular weight excluding hydrogens is 244 g/mol. The highest BCUT2D eigenvalue weighted by atomic mass is 16.5. The minimum absolute atomic E-state index is 0.0603. The van der Waals surface area contributed by atoms with Gasteiger partial charge < -0.3 is 14.9 Å². The zero-order valence-electron chi connectivity index (χ0n) is 10.0. The summed E-state index contributed by atoms with van der Waals surface area (Å²) >= 11 is 0. The van der Waals surface area contributed by atoms with E-state index in [0.29, 0.717) is 5.56 Å². The van der Waals surface area contributed by atoms with Crippen LogP contribution in [0.3, 0.4) is 0 Å². The number of ether oxygens (including phenoxy) is 1. The third-order valence-electron chi connectivity index (χ3n) is 3.21. The Morgan fingerprint density at radius 1 is 1.05 bits per heavy atom. The molecule has 3 rings (SSSR count). The molecular formula is C15H12O4. The van der Waals surface area contributed by atoms with Crippen LogP contribution < -0.4 is 4.74 Å². The molecule has 2 aromatic carbocycles. The SMILES string of the molecule is O=C1CC(c2ccccc2)Oc2c1ccc(O)c2O. The van der Waals surface area contributed by atoms with Gasteiger partial charge >= 0.3 is 0 Å². The van der Waals surface area contributed by atoms with E-state index >= 15 is 0 Å². The molecule has 96 valence electrons. The molecule has 2 N–H and O–H groups in total. The van der Waals surface area contributed by atoms with E-state index in [2.05, 4.69) is 0 Å². The molecule has 0 aliphatic carbocycles. The van der Waals surface area contributed by atoms with Gasteiger partial charge in [-0.15, -0.1) is 0 Å². The van der Waals surface area contributed by atoms with Crippen molar-refractivity contribution >= 4 is 5.78 Å². The molecule has 0 fully saturated rings. The molecule has 0 radical (unpaired) electrons. The lowest BCUT2D eigenvalue weighted by Gasteiger charge is -2.26. The van der Waals surface area contributed by atoms with Crippen molar-refractivity contribution in [2.24, 2.45) is 0 Å². The molecule has 4 nitrogen and oxygen atoms in total. The number of phenolic OH excluding ortho intramolecular Hbond substituents is 2. The van der Waals surface area contributed by atoms with Gasteiger partial charge in [-0.2, -0.15) is 0 Å². The number of hydrogen-bond acceptors (Lipinski definition) is 4. The Bertz CT molecular complexity index is 634. The number of phenols is 2. The number of Topliss-reactive ketones (excluding diaryl/α,β-unsaturated/α-hetero) is 1. The summed E-state index contributed by atoms with van der Waals surface area (Å²) in [5.41, 5.74) is 1.17. The third kappa shape index (κ3) is 1.91. The van der Waals surface area contributed by atoms with Gasteiger partial charge in [0.2, 0.25) is 5.75 Å². The Kier molecular flexibility index (Phi) is 2.63. The number of aromatic hydroxyl groups is 2. The Morgan fingerprint density at radius 3 is 2.53 bits per heavy atom. The number of hydrogen-bond donors (Lipinski definition) is 2. The zero-order chi connectivity index (χ0) is 13.4. The summed E-state index contributed by atoms with van der Waals surface area (Å²) < 4.78 is 5.67. The maximum absolute atomic E-state index is 12.1. The molecule has 19 heavy (non-hydrogen) atoms. The fourth-order valence-electron chi connectivity index (χ4n) is 2.22. The molecule has 1 aliphatic heterocycles. The normalized spacial score (nSPS) is 17.7. The van der Waals surface area contributed by atoms with E-state index in [4.69, 9.17) is 4.74 Å². The van der Waals surface area contributed by atoms with Gasteiger partial charge in [0.1, 0.15) is 6.10 Å². The second kappa shape index (κ2) is 4.31. The molecule has 0 amide bonds. The fraction of sp³-hybridized carbons (Fsp3) is 0.133. The van der Waals surface area contributed by atoms with E-state index in [1.54, 1.807) is 0 Å². The first-order valence-electron chi connectivity index (χ1n) is 5.96. The molecule has 0 bridgehead atoms. The van der Waals surface area contributed by atoms with Crippen LogP contribution in [0.15, 0.2) is 42.5 Å². The molecule has 0 aromatic heterocycles. The third-order valence-corrected chi connectivity index (χ3v) is 3.21. The summed E-state index contributed by atoms with van der Waals surface area (Å²) in [4.78, 5) is 12.1. The van der Waals surface area contributed by atoms with E-state index in [1.165, 1.54) is 12.1 Å². The van der Waals surface area contributed by atoms with Gasteiger partial charge in [-0.05, 0) is 17.7 Å². The van der Waals surface area contributed by atoms with Gasteiger partial charge in [-0.25, -0.2) is 0 Å². The number of ketones is 1.